The first-order valence-corrected chi connectivity index (χ1v) is 10.8. The molecule has 1 aromatic heterocycles. The molecular formula is C25H26N4O2S. The summed E-state index contributed by atoms with van der Waals surface area (Å²) in [6.45, 7) is 10.7. The summed E-state index contributed by atoms with van der Waals surface area (Å²) in [5.74, 6) is 1.75. The van der Waals surface area contributed by atoms with Crippen LogP contribution in [0.25, 0.3) is 17.0 Å². The van der Waals surface area contributed by atoms with Crippen molar-refractivity contribution in [3.8, 4) is 17.1 Å². The van der Waals surface area contributed by atoms with Gasteiger partial charge < -0.3 is 19.5 Å². The zero-order valence-corrected chi connectivity index (χ0v) is 19.5. The average Bonchev–Trinajstić information content (AvgIpc) is 3.28. The van der Waals surface area contributed by atoms with E-state index in [2.05, 4.69) is 49.1 Å². The number of allylic oxidation sites excluding steroid dienone is 1. The third-order valence-electron chi connectivity index (χ3n) is 5.78. The van der Waals surface area contributed by atoms with Gasteiger partial charge in [-0.15, -0.1) is 6.58 Å². The Labute approximate surface area is 193 Å². The van der Waals surface area contributed by atoms with E-state index < -0.39 is 0 Å². The molecule has 0 saturated heterocycles. The number of ether oxygens (including phenoxy) is 1. The molecule has 0 fully saturated rings. The molecule has 0 saturated carbocycles. The fourth-order valence-electron chi connectivity index (χ4n) is 3.79. The molecule has 164 valence electrons. The standard InChI is InChI=1S/C25H26N4O2S/c1-6-13-29-17(4)21(22(26-25(29)32)19-8-7-15(2)16(3)14-19)24-27-23(28-31-24)18-9-11-20(30-5)12-10-18/h6-12,14,22H,1,13H2,2-5H3,(H,26,32). The monoisotopic (exact) mass is 446 g/mol. The molecule has 3 aromatic rings. The summed E-state index contributed by atoms with van der Waals surface area (Å²) in [5, 5.41) is 8.35. The summed E-state index contributed by atoms with van der Waals surface area (Å²) in [4.78, 5) is 6.73. The molecule has 1 aliphatic rings. The molecule has 1 aliphatic heterocycles. The quantitative estimate of drug-likeness (QED) is 0.412. The third-order valence-corrected chi connectivity index (χ3v) is 6.12. The Bertz CT molecular complexity index is 1200. The number of nitrogens with zero attached hydrogens (tertiary/aromatic N) is 3. The van der Waals surface area contributed by atoms with Gasteiger partial charge in [0.1, 0.15) is 5.75 Å². The second kappa shape index (κ2) is 8.96. The minimum Gasteiger partial charge on any atom is -0.497 e. The smallest absolute Gasteiger partial charge is 0.258 e. The Hall–Kier alpha value is -3.45. The topological polar surface area (TPSA) is 63.4 Å². The summed E-state index contributed by atoms with van der Waals surface area (Å²) in [5.41, 5.74) is 6.25. The molecule has 6 nitrogen and oxygen atoms in total. The van der Waals surface area contributed by atoms with E-state index >= 15 is 0 Å². The highest BCUT2D eigenvalue weighted by Gasteiger charge is 2.33. The highest BCUT2D eigenvalue weighted by atomic mass is 32.1. The molecule has 0 radical (unpaired) electrons. The van der Waals surface area contributed by atoms with Crippen LogP contribution >= 0.6 is 12.2 Å². The van der Waals surface area contributed by atoms with E-state index in [9.17, 15) is 0 Å². The van der Waals surface area contributed by atoms with Crippen LogP contribution in [0.1, 0.15) is 35.5 Å². The van der Waals surface area contributed by atoms with Gasteiger partial charge in [0.25, 0.3) is 5.89 Å². The molecule has 0 aliphatic carbocycles. The maximum absolute atomic E-state index is 5.77. The van der Waals surface area contributed by atoms with Crippen LogP contribution in [0.5, 0.6) is 5.75 Å². The maximum atomic E-state index is 5.77. The molecule has 0 amide bonds. The van der Waals surface area contributed by atoms with Crippen LogP contribution in [0.15, 0.2) is 65.3 Å². The van der Waals surface area contributed by atoms with Crippen molar-refractivity contribution in [2.75, 3.05) is 13.7 Å². The number of methoxy groups -OCH3 is 1. The zero-order valence-electron chi connectivity index (χ0n) is 18.7. The van der Waals surface area contributed by atoms with Gasteiger partial charge in [-0.3, -0.25) is 0 Å². The largest absolute Gasteiger partial charge is 0.497 e. The fraction of sp³-hybridized carbons (Fsp3) is 0.240. The number of hydrogen-bond donors (Lipinski definition) is 1. The van der Waals surface area contributed by atoms with Crippen LogP contribution in [-0.4, -0.2) is 33.8 Å². The Morgan fingerprint density at radius 1 is 1.16 bits per heavy atom. The molecule has 2 aromatic carbocycles. The Balaban J connectivity index is 1.80. The van der Waals surface area contributed by atoms with Crippen molar-refractivity contribution in [3.63, 3.8) is 0 Å². The maximum Gasteiger partial charge on any atom is 0.258 e. The van der Waals surface area contributed by atoms with Crippen LogP contribution < -0.4 is 10.1 Å². The van der Waals surface area contributed by atoms with Crippen molar-refractivity contribution in [1.82, 2.24) is 20.4 Å². The molecule has 1 atom stereocenters. The van der Waals surface area contributed by atoms with E-state index in [0.717, 1.165) is 28.1 Å². The molecule has 1 unspecified atom stereocenters. The first-order chi connectivity index (χ1) is 15.4. The van der Waals surface area contributed by atoms with Gasteiger partial charge in [0.05, 0.1) is 18.7 Å². The summed E-state index contributed by atoms with van der Waals surface area (Å²) < 4.78 is 11.0. The molecule has 0 bridgehead atoms. The lowest BCUT2D eigenvalue weighted by Gasteiger charge is -2.37. The molecule has 7 heteroatoms. The highest BCUT2D eigenvalue weighted by Crippen LogP contribution is 2.38. The lowest BCUT2D eigenvalue weighted by atomic mass is 9.92. The van der Waals surface area contributed by atoms with Crippen molar-refractivity contribution in [2.24, 2.45) is 0 Å². The number of nitrogens with one attached hydrogen (secondary N) is 1. The number of thiocarbonyl (C=S) groups is 1. The van der Waals surface area contributed by atoms with E-state index in [1.54, 1.807) is 7.11 Å². The summed E-state index contributed by atoms with van der Waals surface area (Å²) in [6, 6.07) is 13.8. The number of rotatable bonds is 6. The van der Waals surface area contributed by atoms with E-state index in [0.29, 0.717) is 23.4 Å². The first-order valence-electron chi connectivity index (χ1n) is 10.4. The number of aryl methyl sites for hydroxylation is 2. The van der Waals surface area contributed by atoms with Gasteiger partial charge >= 0.3 is 0 Å². The van der Waals surface area contributed by atoms with Crippen LogP contribution in [-0.2, 0) is 0 Å². The van der Waals surface area contributed by atoms with Gasteiger partial charge in [0, 0.05) is 17.8 Å². The minimum absolute atomic E-state index is 0.202. The normalized spacial score (nSPS) is 16.2. The van der Waals surface area contributed by atoms with Crippen LogP contribution in [0.3, 0.4) is 0 Å². The van der Waals surface area contributed by atoms with Crippen molar-refractivity contribution < 1.29 is 9.26 Å². The van der Waals surface area contributed by atoms with Crippen LogP contribution in [0.4, 0.5) is 0 Å². The van der Waals surface area contributed by atoms with Crippen molar-refractivity contribution in [1.29, 1.82) is 0 Å². The Kier molecular flexibility index (Phi) is 6.10. The van der Waals surface area contributed by atoms with E-state index in [4.69, 9.17) is 26.5 Å². The lowest BCUT2D eigenvalue weighted by Crippen LogP contribution is -2.45. The predicted molar refractivity (Wildman–Crippen MR) is 130 cm³/mol. The fourth-order valence-corrected chi connectivity index (χ4v) is 4.12. The van der Waals surface area contributed by atoms with Gasteiger partial charge in [0.15, 0.2) is 5.11 Å². The zero-order chi connectivity index (χ0) is 22.8. The van der Waals surface area contributed by atoms with Gasteiger partial charge in [-0.05, 0) is 73.9 Å². The lowest BCUT2D eigenvalue weighted by molar-refractivity contribution is 0.399. The molecule has 0 spiro atoms. The van der Waals surface area contributed by atoms with Gasteiger partial charge in [0.2, 0.25) is 5.82 Å². The number of hydrogen-bond acceptors (Lipinski definition) is 5. The summed E-state index contributed by atoms with van der Waals surface area (Å²) >= 11 is 5.67. The first kappa shape index (κ1) is 21.8. The van der Waals surface area contributed by atoms with Crippen LogP contribution in [0, 0.1) is 13.8 Å². The van der Waals surface area contributed by atoms with Crippen molar-refractivity contribution >= 4 is 22.9 Å². The molecular weight excluding hydrogens is 420 g/mol. The molecule has 4 rings (SSSR count). The Morgan fingerprint density at radius 2 is 1.91 bits per heavy atom. The van der Waals surface area contributed by atoms with Gasteiger partial charge in [-0.25, -0.2) is 0 Å². The van der Waals surface area contributed by atoms with Crippen LogP contribution in [0.2, 0.25) is 0 Å². The van der Waals surface area contributed by atoms with Crippen molar-refractivity contribution in [2.45, 2.75) is 26.8 Å². The summed E-state index contributed by atoms with van der Waals surface area (Å²) in [7, 11) is 1.64. The number of aromatic nitrogens is 2. The molecule has 32 heavy (non-hydrogen) atoms. The third kappa shape index (κ3) is 4.03. The summed E-state index contributed by atoms with van der Waals surface area (Å²) in [6.07, 6.45) is 1.82. The number of benzene rings is 2. The highest BCUT2D eigenvalue weighted by molar-refractivity contribution is 7.80. The minimum atomic E-state index is -0.202. The second-order valence-corrected chi connectivity index (χ2v) is 8.16. The van der Waals surface area contributed by atoms with E-state index in [-0.39, 0.29) is 6.04 Å². The van der Waals surface area contributed by atoms with E-state index in [1.165, 1.54) is 11.1 Å². The van der Waals surface area contributed by atoms with E-state index in [1.807, 2.05) is 42.2 Å². The van der Waals surface area contributed by atoms with Gasteiger partial charge in [-0.2, -0.15) is 4.98 Å². The average molecular weight is 447 g/mol. The van der Waals surface area contributed by atoms with Gasteiger partial charge in [-0.1, -0.05) is 29.4 Å². The Morgan fingerprint density at radius 3 is 2.56 bits per heavy atom. The second-order valence-electron chi connectivity index (χ2n) is 7.78. The molecule has 1 N–H and O–H groups in total. The SMILES string of the molecule is C=CCN1C(=S)NC(c2ccc(C)c(C)c2)C(c2nc(-c3ccc(OC)cc3)no2)=C1C. The molecule has 2 heterocycles. The van der Waals surface area contributed by atoms with Crippen molar-refractivity contribution in [3.05, 3.63) is 83.4 Å². The predicted octanol–water partition coefficient (Wildman–Crippen LogP) is 5.21.